The molecule has 3 N–H and O–H groups in total. The fourth-order valence-corrected chi connectivity index (χ4v) is 1.48. The largest absolute Gasteiger partial charge is 0.396 e. The van der Waals surface area contributed by atoms with Crippen LogP contribution in [0.2, 0.25) is 0 Å². The lowest BCUT2D eigenvalue weighted by atomic mass is 9.89. The fourth-order valence-electron chi connectivity index (χ4n) is 1.48. The molecule has 0 amide bonds. The van der Waals surface area contributed by atoms with Crippen LogP contribution in [0.3, 0.4) is 0 Å². The van der Waals surface area contributed by atoms with E-state index in [0.717, 1.165) is 6.42 Å². The van der Waals surface area contributed by atoms with Crippen molar-refractivity contribution in [3.05, 3.63) is 0 Å². The van der Waals surface area contributed by atoms with E-state index in [0.29, 0.717) is 12.3 Å². The van der Waals surface area contributed by atoms with Gasteiger partial charge in [0.1, 0.15) is 0 Å². The van der Waals surface area contributed by atoms with E-state index >= 15 is 0 Å². The second kappa shape index (κ2) is 6.35. The minimum atomic E-state index is -0.794. The molecule has 0 spiro atoms. The molecule has 3 heteroatoms. The quantitative estimate of drug-likeness (QED) is 0.580. The highest BCUT2D eigenvalue weighted by molar-refractivity contribution is 4.75. The lowest BCUT2D eigenvalue weighted by molar-refractivity contribution is -0.0390. The molecule has 0 saturated heterocycles. The summed E-state index contributed by atoms with van der Waals surface area (Å²) in [5, 5.41) is 28.0. The van der Waals surface area contributed by atoms with Crippen LogP contribution >= 0.6 is 0 Å². The number of hydrogen-bond acceptors (Lipinski definition) is 3. The van der Waals surface area contributed by atoms with E-state index in [-0.39, 0.29) is 12.5 Å². The van der Waals surface area contributed by atoms with Gasteiger partial charge in [0, 0.05) is 12.5 Å². The lowest BCUT2D eigenvalue weighted by Crippen LogP contribution is -2.35. The normalized spacial score (nSPS) is 18.7. The summed E-state index contributed by atoms with van der Waals surface area (Å²) in [6.45, 7) is 5.83. The summed E-state index contributed by atoms with van der Waals surface area (Å²) in [5.74, 6) is 0.228. The monoisotopic (exact) mass is 190 g/mol. The van der Waals surface area contributed by atoms with E-state index in [1.807, 2.05) is 20.8 Å². The topological polar surface area (TPSA) is 60.7 Å². The van der Waals surface area contributed by atoms with Crippen LogP contribution in [0, 0.1) is 11.8 Å². The van der Waals surface area contributed by atoms with Crippen molar-refractivity contribution in [3.8, 4) is 0 Å². The fraction of sp³-hybridized carbons (Fsp3) is 1.00. The van der Waals surface area contributed by atoms with Crippen LogP contribution in [0.5, 0.6) is 0 Å². The summed E-state index contributed by atoms with van der Waals surface area (Å²) in [4.78, 5) is 0. The average Bonchev–Trinajstić information content (AvgIpc) is 2.11. The molecule has 0 heterocycles. The van der Waals surface area contributed by atoms with E-state index in [4.69, 9.17) is 5.11 Å². The van der Waals surface area contributed by atoms with Crippen LogP contribution in [0.25, 0.3) is 0 Å². The first-order valence-electron chi connectivity index (χ1n) is 4.99. The number of hydrogen-bond donors (Lipinski definition) is 3. The molecule has 0 aromatic heterocycles. The molecule has 3 atom stereocenters. The number of aliphatic hydroxyl groups excluding tert-OH is 3. The molecular formula is C10H22O3. The number of aliphatic hydroxyl groups is 3. The number of rotatable bonds is 6. The van der Waals surface area contributed by atoms with Gasteiger partial charge in [-0.1, -0.05) is 20.8 Å². The third kappa shape index (κ3) is 4.60. The first-order valence-corrected chi connectivity index (χ1v) is 4.99. The van der Waals surface area contributed by atoms with Crippen molar-refractivity contribution in [2.24, 2.45) is 11.8 Å². The molecule has 80 valence electrons. The Morgan fingerprint density at radius 1 is 1.15 bits per heavy atom. The van der Waals surface area contributed by atoms with Crippen molar-refractivity contribution >= 4 is 0 Å². The van der Waals surface area contributed by atoms with E-state index in [1.165, 1.54) is 0 Å². The molecule has 0 fully saturated rings. The molecule has 0 bridgehead atoms. The maximum absolute atomic E-state index is 9.62. The van der Waals surface area contributed by atoms with Crippen LogP contribution in [-0.2, 0) is 0 Å². The molecule has 0 aliphatic carbocycles. The summed E-state index contributed by atoms with van der Waals surface area (Å²) in [6.07, 6.45) is -0.238. The summed E-state index contributed by atoms with van der Waals surface area (Å²) in [5.41, 5.74) is 0. The minimum absolute atomic E-state index is 0.0591. The molecule has 0 saturated carbocycles. The Hall–Kier alpha value is -0.120. The summed E-state index contributed by atoms with van der Waals surface area (Å²) in [7, 11) is 0. The summed E-state index contributed by atoms with van der Waals surface area (Å²) >= 11 is 0. The molecule has 0 aromatic rings. The van der Waals surface area contributed by atoms with Crippen molar-refractivity contribution in [2.45, 2.75) is 45.8 Å². The molecule has 3 nitrogen and oxygen atoms in total. The second-order valence-corrected chi connectivity index (χ2v) is 4.04. The maximum Gasteiger partial charge on any atom is 0.0849 e. The Morgan fingerprint density at radius 3 is 2.00 bits per heavy atom. The van der Waals surface area contributed by atoms with Crippen LogP contribution < -0.4 is 0 Å². The van der Waals surface area contributed by atoms with E-state index in [9.17, 15) is 10.2 Å². The van der Waals surface area contributed by atoms with Crippen LogP contribution in [0.4, 0.5) is 0 Å². The van der Waals surface area contributed by atoms with Crippen molar-refractivity contribution < 1.29 is 15.3 Å². The Labute approximate surface area is 80.4 Å². The van der Waals surface area contributed by atoms with Gasteiger partial charge in [-0.15, -0.1) is 0 Å². The highest BCUT2D eigenvalue weighted by Gasteiger charge is 2.24. The van der Waals surface area contributed by atoms with Gasteiger partial charge >= 0.3 is 0 Å². The third-order valence-electron chi connectivity index (χ3n) is 2.30. The van der Waals surface area contributed by atoms with Gasteiger partial charge in [0.15, 0.2) is 0 Å². The third-order valence-corrected chi connectivity index (χ3v) is 2.30. The highest BCUT2D eigenvalue weighted by Crippen LogP contribution is 2.18. The van der Waals surface area contributed by atoms with Crippen molar-refractivity contribution in [1.29, 1.82) is 0 Å². The van der Waals surface area contributed by atoms with Gasteiger partial charge in [-0.3, -0.25) is 0 Å². The first-order chi connectivity index (χ1) is 6.02. The molecule has 0 aromatic carbocycles. The van der Waals surface area contributed by atoms with E-state index < -0.39 is 12.2 Å². The van der Waals surface area contributed by atoms with Gasteiger partial charge in [0.2, 0.25) is 0 Å². The summed E-state index contributed by atoms with van der Waals surface area (Å²) in [6, 6.07) is 0. The van der Waals surface area contributed by atoms with Crippen LogP contribution in [-0.4, -0.2) is 34.1 Å². The zero-order valence-corrected chi connectivity index (χ0v) is 8.77. The second-order valence-electron chi connectivity index (χ2n) is 4.04. The van der Waals surface area contributed by atoms with Gasteiger partial charge in [0.25, 0.3) is 0 Å². The van der Waals surface area contributed by atoms with Crippen LogP contribution in [0.15, 0.2) is 0 Å². The SMILES string of the molecule is CCC(O)C(O)C(CO)CC(C)C. The zero-order valence-electron chi connectivity index (χ0n) is 8.77. The standard InChI is InChI=1S/C10H22O3/c1-4-9(12)10(13)8(6-11)5-7(2)3/h7-13H,4-6H2,1-3H3. The summed E-state index contributed by atoms with van der Waals surface area (Å²) < 4.78 is 0. The molecule has 0 aliphatic rings. The van der Waals surface area contributed by atoms with Gasteiger partial charge in [-0.25, -0.2) is 0 Å². The predicted molar refractivity (Wildman–Crippen MR) is 52.3 cm³/mol. The maximum atomic E-state index is 9.62. The Morgan fingerprint density at radius 2 is 1.69 bits per heavy atom. The molecule has 0 radical (unpaired) electrons. The average molecular weight is 190 g/mol. The molecule has 13 heavy (non-hydrogen) atoms. The van der Waals surface area contributed by atoms with Crippen LogP contribution in [0.1, 0.15) is 33.6 Å². The predicted octanol–water partition coefficient (Wildman–Crippen LogP) is 0.773. The van der Waals surface area contributed by atoms with Crippen molar-refractivity contribution in [3.63, 3.8) is 0 Å². The lowest BCUT2D eigenvalue weighted by Gasteiger charge is -2.25. The first kappa shape index (κ1) is 12.9. The van der Waals surface area contributed by atoms with Crippen molar-refractivity contribution in [2.75, 3.05) is 6.61 Å². The smallest absolute Gasteiger partial charge is 0.0849 e. The zero-order chi connectivity index (χ0) is 10.4. The molecule has 0 rings (SSSR count). The molecular weight excluding hydrogens is 168 g/mol. The Bertz CT molecular complexity index is 125. The minimum Gasteiger partial charge on any atom is -0.396 e. The Kier molecular flexibility index (Phi) is 6.29. The van der Waals surface area contributed by atoms with Gasteiger partial charge < -0.3 is 15.3 Å². The molecule has 0 aliphatic heterocycles. The Balaban J connectivity index is 4.05. The van der Waals surface area contributed by atoms with E-state index in [2.05, 4.69) is 0 Å². The van der Waals surface area contributed by atoms with Gasteiger partial charge in [-0.2, -0.15) is 0 Å². The molecule has 3 unspecified atom stereocenters. The van der Waals surface area contributed by atoms with Gasteiger partial charge in [0.05, 0.1) is 12.2 Å². The van der Waals surface area contributed by atoms with Crippen molar-refractivity contribution in [1.82, 2.24) is 0 Å². The van der Waals surface area contributed by atoms with Gasteiger partial charge in [-0.05, 0) is 18.8 Å². The highest BCUT2D eigenvalue weighted by atomic mass is 16.3. The van der Waals surface area contributed by atoms with E-state index in [1.54, 1.807) is 0 Å².